The van der Waals surface area contributed by atoms with Crippen molar-refractivity contribution in [1.29, 1.82) is 0 Å². The largest absolute Gasteiger partial charge is 0.493 e. The normalized spacial score (nSPS) is 10.8. The van der Waals surface area contributed by atoms with Crippen LogP contribution in [0.5, 0.6) is 17.2 Å². The lowest BCUT2D eigenvalue weighted by Crippen LogP contribution is -2.04. The predicted molar refractivity (Wildman–Crippen MR) is 99.5 cm³/mol. The molecule has 0 radical (unpaired) electrons. The molecule has 8 heteroatoms. The maximum absolute atomic E-state index is 5.62. The van der Waals surface area contributed by atoms with Crippen LogP contribution in [0.1, 0.15) is 0 Å². The van der Waals surface area contributed by atoms with Crippen molar-refractivity contribution in [3.8, 4) is 34.5 Å². The number of methoxy groups -OCH3 is 3. The van der Waals surface area contributed by atoms with E-state index in [1.54, 1.807) is 38.6 Å². The molecular weight excluding hydrogens is 346 g/mol. The number of ether oxygens (including phenoxy) is 3. The molecule has 0 saturated heterocycles. The van der Waals surface area contributed by atoms with Crippen LogP contribution in [0.4, 0.5) is 0 Å². The number of hydrogen-bond donors (Lipinski definition) is 0. The minimum absolute atomic E-state index is 0.472. The molecule has 4 rings (SSSR count). The SMILES string of the molecule is COc1cc2c(-n3cnnc3)nc(-c3ccccc3)nc2c(OC)c1OC. The molecule has 0 saturated carbocycles. The Morgan fingerprint density at radius 3 is 2.15 bits per heavy atom. The second kappa shape index (κ2) is 6.91. The van der Waals surface area contributed by atoms with Gasteiger partial charge in [-0.2, -0.15) is 0 Å². The smallest absolute Gasteiger partial charge is 0.205 e. The highest BCUT2D eigenvalue weighted by Gasteiger charge is 2.22. The number of hydrogen-bond acceptors (Lipinski definition) is 7. The van der Waals surface area contributed by atoms with Crippen LogP contribution in [-0.4, -0.2) is 46.1 Å². The fraction of sp³-hybridized carbons (Fsp3) is 0.158. The Labute approximate surface area is 155 Å². The van der Waals surface area contributed by atoms with Gasteiger partial charge in [0, 0.05) is 5.56 Å². The topological polar surface area (TPSA) is 84.2 Å². The zero-order valence-corrected chi connectivity index (χ0v) is 15.1. The molecule has 0 aliphatic heterocycles. The highest BCUT2D eigenvalue weighted by molar-refractivity contribution is 5.95. The molecule has 0 aliphatic carbocycles. The maximum atomic E-state index is 5.62. The van der Waals surface area contributed by atoms with E-state index in [2.05, 4.69) is 10.2 Å². The standard InChI is InChI=1S/C19H17N5O3/c1-25-14-9-13-15(17(27-3)16(14)26-2)22-18(12-7-5-4-6-8-12)23-19(13)24-10-20-21-11-24/h4-11H,1-3H3. The summed E-state index contributed by atoms with van der Waals surface area (Å²) in [7, 11) is 4.70. The van der Waals surface area contributed by atoms with E-state index in [0.717, 1.165) is 10.9 Å². The Morgan fingerprint density at radius 2 is 1.52 bits per heavy atom. The van der Waals surface area contributed by atoms with Gasteiger partial charge >= 0.3 is 0 Å². The first-order valence-electron chi connectivity index (χ1n) is 8.18. The van der Waals surface area contributed by atoms with Crippen LogP contribution < -0.4 is 14.2 Å². The van der Waals surface area contributed by atoms with Crippen LogP contribution >= 0.6 is 0 Å². The summed E-state index contributed by atoms with van der Waals surface area (Å²) in [5.41, 5.74) is 1.48. The highest BCUT2D eigenvalue weighted by atomic mass is 16.5. The van der Waals surface area contributed by atoms with Crippen molar-refractivity contribution in [1.82, 2.24) is 24.7 Å². The second-order valence-corrected chi connectivity index (χ2v) is 5.65. The van der Waals surface area contributed by atoms with E-state index in [9.17, 15) is 0 Å². The van der Waals surface area contributed by atoms with Crippen molar-refractivity contribution in [3.63, 3.8) is 0 Å². The van der Waals surface area contributed by atoms with Crippen molar-refractivity contribution in [2.24, 2.45) is 0 Å². The Kier molecular flexibility index (Phi) is 4.29. The molecule has 0 aliphatic rings. The average molecular weight is 363 g/mol. The summed E-state index contributed by atoms with van der Waals surface area (Å²) in [5, 5.41) is 8.51. The number of benzene rings is 2. The molecule has 2 aromatic heterocycles. The van der Waals surface area contributed by atoms with E-state index in [4.69, 9.17) is 24.2 Å². The lowest BCUT2D eigenvalue weighted by molar-refractivity contribution is 0.327. The van der Waals surface area contributed by atoms with E-state index in [-0.39, 0.29) is 0 Å². The quantitative estimate of drug-likeness (QED) is 0.539. The third-order valence-electron chi connectivity index (χ3n) is 4.17. The monoisotopic (exact) mass is 363 g/mol. The Morgan fingerprint density at radius 1 is 0.815 bits per heavy atom. The fourth-order valence-electron chi connectivity index (χ4n) is 2.94. The van der Waals surface area contributed by atoms with Gasteiger partial charge in [0.05, 0.1) is 26.7 Å². The van der Waals surface area contributed by atoms with Gasteiger partial charge in [-0.1, -0.05) is 30.3 Å². The molecule has 8 nitrogen and oxygen atoms in total. The molecule has 0 atom stereocenters. The van der Waals surface area contributed by atoms with Crippen molar-refractivity contribution in [3.05, 3.63) is 49.1 Å². The van der Waals surface area contributed by atoms with Crippen molar-refractivity contribution in [2.75, 3.05) is 21.3 Å². The summed E-state index contributed by atoms with van der Waals surface area (Å²) in [6.45, 7) is 0. The zero-order valence-electron chi connectivity index (χ0n) is 15.1. The van der Waals surface area contributed by atoms with E-state index in [1.165, 1.54) is 0 Å². The Balaban J connectivity index is 2.12. The first-order chi connectivity index (χ1) is 13.3. The van der Waals surface area contributed by atoms with E-state index < -0.39 is 0 Å². The molecule has 0 unspecified atom stereocenters. The molecule has 4 aromatic rings. The molecule has 0 bridgehead atoms. The molecule has 0 spiro atoms. The molecule has 0 amide bonds. The molecule has 0 N–H and O–H groups in total. The van der Waals surface area contributed by atoms with Gasteiger partial charge in [0.1, 0.15) is 18.2 Å². The van der Waals surface area contributed by atoms with Gasteiger partial charge in [-0.05, 0) is 6.07 Å². The van der Waals surface area contributed by atoms with Gasteiger partial charge in [-0.3, -0.25) is 4.57 Å². The number of rotatable bonds is 5. The van der Waals surface area contributed by atoms with Crippen LogP contribution in [0.3, 0.4) is 0 Å². The minimum atomic E-state index is 0.472. The van der Waals surface area contributed by atoms with Gasteiger partial charge in [0.25, 0.3) is 0 Å². The fourth-order valence-corrected chi connectivity index (χ4v) is 2.94. The zero-order chi connectivity index (χ0) is 18.8. The number of aromatic nitrogens is 5. The number of fused-ring (bicyclic) bond motifs is 1. The third kappa shape index (κ3) is 2.80. The lowest BCUT2D eigenvalue weighted by atomic mass is 10.1. The van der Waals surface area contributed by atoms with Crippen molar-refractivity contribution >= 4 is 10.9 Å². The Hall–Kier alpha value is -3.68. The summed E-state index contributed by atoms with van der Waals surface area (Å²) in [6, 6.07) is 11.5. The minimum Gasteiger partial charge on any atom is -0.493 e. The summed E-state index contributed by atoms with van der Waals surface area (Å²) in [5.74, 6) is 2.63. The Bertz CT molecular complexity index is 1080. The third-order valence-corrected chi connectivity index (χ3v) is 4.17. The lowest BCUT2D eigenvalue weighted by Gasteiger charge is -2.16. The molecular formula is C19H17N5O3. The predicted octanol–water partition coefficient (Wildman–Crippen LogP) is 2.90. The van der Waals surface area contributed by atoms with Gasteiger partial charge < -0.3 is 14.2 Å². The van der Waals surface area contributed by atoms with Gasteiger partial charge in [-0.15, -0.1) is 10.2 Å². The summed E-state index contributed by atoms with van der Waals surface area (Å²) >= 11 is 0. The molecule has 27 heavy (non-hydrogen) atoms. The molecule has 0 fully saturated rings. The van der Waals surface area contributed by atoms with Crippen LogP contribution in [-0.2, 0) is 0 Å². The summed E-state index contributed by atoms with van der Waals surface area (Å²) < 4.78 is 18.3. The second-order valence-electron chi connectivity index (χ2n) is 5.65. The van der Waals surface area contributed by atoms with Crippen LogP contribution in [0.25, 0.3) is 28.1 Å². The van der Waals surface area contributed by atoms with Crippen molar-refractivity contribution in [2.45, 2.75) is 0 Å². The van der Waals surface area contributed by atoms with Crippen LogP contribution in [0.15, 0.2) is 49.1 Å². The van der Waals surface area contributed by atoms with E-state index in [0.29, 0.717) is 34.4 Å². The summed E-state index contributed by atoms with van der Waals surface area (Å²) in [6.07, 6.45) is 3.17. The van der Waals surface area contributed by atoms with Crippen LogP contribution in [0.2, 0.25) is 0 Å². The van der Waals surface area contributed by atoms with Gasteiger partial charge in [0.15, 0.2) is 23.1 Å². The van der Waals surface area contributed by atoms with E-state index >= 15 is 0 Å². The molecule has 2 heterocycles. The first kappa shape index (κ1) is 16.8. The van der Waals surface area contributed by atoms with E-state index in [1.807, 2.05) is 36.4 Å². The van der Waals surface area contributed by atoms with Gasteiger partial charge in [0.2, 0.25) is 5.75 Å². The average Bonchev–Trinajstić information content (AvgIpc) is 3.26. The number of nitrogens with zero attached hydrogens (tertiary/aromatic N) is 5. The molecule has 2 aromatic carbocycles. The van der Waals surface area contributed by atoms with Gasteiger partial charge in [-0.25, -0.2) is 9.97 Å². The van der Waals surface area contributed by atoms with Crippen molar-refractivity contribution < 1.29 is 14.2 Å². The van der Waals surface area contributed by atoms with Crippen LogP contribution in [0, 0.1) is 0 Å². The molecule has 136 valence electrons. The summed E-state index contributed by atoms with van der Waals surface area (Å²) in [4.78, 5) is 9.48. The maximum Gasteiger partial charge on any atom is 0.205 e. The highest BCUT2D eigenvalue weighted by Crippen LogP contribution is 2.44. The first-order valence-corrected chi connectivity index (χ1v) is 8.18.